The average molecular weight is 233 g/mol. The quantitative estimate of drug-likeness (QED) is 0.760. The van der Waals surface area contributed by atoms with Gasteiger partial charge in [0.05, 0.1) is 5.39 Å². The molecule has 4 N–H and O–H groups in total. The van der Waals surface area contributed by atoms with E-state index in [1.54, 1.807) is 0 Å². The molecule has 0 bridgehead atoms. The zero-order chi connectivity index (χ0) is 12.6. The Bertz CT molecular complexity index is 529. The Balaban J connectivity index is 2.48. The number of nitrogens with two attached hydrogens (primary N) is 1. The molecule has 0 saturated heterocycles. The summed E-state index contributed by atoms with van der Waals surface area (Å²) in [6.45, 7) is 8.51. The Labute approximate surface area is 101 Å². The smallest absolute Gasteiger partial charge is 0.223 e. The van der Waals surface area contributed by atoms with Crippen molar-refractivity contribution in [2.24, 2.45) is 5.92 Å². The van der Waals surface area contributed by atoms with Crippen molar-refractivity contribution in [2.75, 3.05) is 11.1 Å². The third-order valence-corrected chi connectivity index (χ3v) is 3.11. The number of hydrogen-bond donors (Lipinski definition) is 3. The van der Waals surface area contributed by atoms with Crippen LogP contribution in [0.1, 0.15) is 26.3 Å². The molecule has 0 aliphatic rings. The molecule has 0 aromatic carbocycles. The molecule has 1 atom stereocenters. The summed E-state index contributed by atoms with van der Waals surface area (Å²) in [5, 5.41) is 4.42. The standard InChI is InChI=1S/C12H19N5/c1-6(2)8(4)15-11-9-7(3)5-14-10(9)16-12(13)17-11/h5-6,8H,1-4H3,(H4,13,14,15,16,17). The molecule has 2 heterocycles. The van der Waals surface area contributed by atoms with Gasteiger partial charge < -0.3 is 16.0 Å². The first-order valence-corrected chi connectivity index (χ1v) is 5.86. The number of anilines is 2. The summed E-state index contributed by atoms with van der Waals surface area (Å²) in [4.78, 5) is 11.6. The highest BCUT2D eigenvalue weighted by molar-refractivity contribution is 5.91. The SMILES string of the molecule is Cc1c[nH]c2nc(N)nc(NC(C)C(C)C)c12. The first-order valence-electron chi connectivity index (χ1n) is 5.86. The largest absolute Gasteiger partial charge is 0.368 e. The second kappa shape index (κ2) is 4.24. The number of aromatic amines is 1. The Hall–Kier alpha value is -1.78. The molecule has 2 aromatic heterocycles. The van der Waals surface area contributed by atoms with Crippen LogP contribution in [0.2, 0.25) is 0 Å². The van der Waals surface area contributed by atoms with Crippen LogP contribution in [-0.2, 0) is 0 Å². The van der Waals surface area contributed by atoms with E-state index in [1.807, 2.05) is 13.1 Å². The van der Waals surface area contributed by atoms with Gasteiger partial charge in [0.15, 0.2) is 0 Å². The molecule has 0 saturated carbocycles. The summed E-state index contributed by atoms with van der Waals surface area (Å²) in [5.41, 5.74) is 7.61. The summed E-state index contributed by atoms with van der Waals surface area (Å²) in [6, 6.07) is 0.335. The Kier molecular flexibility index (Phi) is 2.92. The second-order valence-electron chi connectivity index (χ2n) is 4.80. The van der Waals surface area contributed by atoms with Crippen molar-refractivity contribution in [3.05, 3.63) is 11.8 Å². The first-order chi connectivity index (χ1) is 7.99. The monoisotopic (exact) mass is 233 g/mol. The van der Waals surface area contributed by atoms with Gasteiger partial charge in [0.2, 0.25) is 5.95 Å². The van der Waals surface area contributed by atoms with Crippen LogP contribution < -0.4 is 11.1 Å². The number of nitrogens with zero attached hydrogens (tertiary/aromatic N) is 2. The van der Waals surface area contributed by atoms with E-state index in [2.05, 4.69) is 41.0 Å². The lowest BCUT2D eigenvalue weighted by Crippen LogP contribution is -2.22. The highest BCUT2D eigenvalue weighted by atomic mass is 15.1. The molecule has 0 radical (unpaired) electrons. The summed E-state index contributed by atoms with van der Waals surface area (Å²) in [7, 11) is 0. The number of nitrogen functional groups attached to an aromatic ring is 1. The van der Waals surface area contributed by atoms with E-state index in [4.69, 9.17) is 5.73 Å². The number of aromatic nitrogens is 3. The number of aryl methyl sites for hydroxylation is 1. The Morgan fingerprint density at radius 1 is 1.29 bits per heavy atom. The lowest BCUT2D eigenvalue weighted by Gasteiger charge is -2.18. The van der Waals surface area contributed by atoms with Gasteiger partial charge in [0.25, 0.3) is 0 Å². The summed E-state index contributed by atoms with van der Waals surface area (Å²) in [5.74, 6) is 1.63. The van der Waals surface area contributed by atoms with Gasteiger partial charge in [-0.2, -0.15) is 9.97 Å². The van der Waals surface area contributed by atoms with Crippen LogP contribution in [0.25, 0.3) is 11.0 Å². The normalized spacial score (nSPS) is 13.2. The lowest BCUT2D eigenvalue weighted by molar-refractivity contribution is 0.559. The maximum Gasteiger partial charge on any atom is 0.223 e. The maximum absolute atomic E-state index is 5.70. The molecule has 0 aliphatic carbocycles. The third-order valence-electron chi connectivity index (χ3n) is 3.11. The van der Waals surface area contributed by atoms with Crippen molar-refractivity contribution in [1.29, 1.82) is 0 Å². The molecular weight excluding hydrogens is 214 g/mol. The van der Waals surface area contributed by atoms with Gasteiger partial charge in [-0.3, -0.25) is 0 Å². The lowest BCUT2D eigenvalue weighted by atomic mass is 10.1. The van der Waals surface area contributed by atoms with Gasteiger partial charge >= 0.3 is 0 Å². The average Bonchev–Trinajstić information content (AvgIpc) is 2.59. The van der Waals surface area contributed by atoms with Gasteiger partial charge in [-0.25, -0.2) is 0 Å². The fraction of sp³-hybridized carbons (Fsp3) is 0.500. The van der Waals surface area contributed by atoms with Crippen LogP contribution >= 0.6 is 0 Å². The molecule has 17 heavy (non-hydrogen) atoms. The van der Waals surface area contributed by atoms with Gasteiger partial charge in [0, 0.05) is 12.2 Å². The molecule has 92 valence electrons. The molecule has 5 nitrogen and oxygen atoms in total. The number of hydrogen-bond acceptors (Lipinski definition) is 4. The topological polar surface area (TPSA) is 79.6 Å². The fourth-order valence-electron chi connectivity index (χ4n) is 1.69. The molecule has 2 aromatic rings. The van der Waals surface area contributed by atoms with Crippen molar-refractivity contribution >= 4 is 22.8 Å². The summed E-state index contributed by atoms with van der Waals surface area (Å²) < 4.78 is 0. The zero-order valence-electron chi connectivity index (χ0n) is 10.7. The number of nitrogens with one attached hydrogen (secondary N) is 2. The van der Waals surface area contributed by atoms with Crippen LogP contribution in [0.4, 0.5) is 11.8 Å². The van der Waals surface area contributed by atoms with Crippen LogP contribution in [0.15, 0.2) is 6.20 Å². The molecule has 0 spiro atoms. The van der Waals surface area contributed by atoms with Crippen LogP contribution in [0.5, 0.6) is 0 Å². The summed E-state index contributed by atoms with van der Waals surface area (Å²) in [6.07, 6.45) is 1.92. The summed E-state index contributed by atoms with van der Waals surface area (Å²) >= 11 is 0. The van der Waals surface area contributed by atoms with Gasteiger partial charge in [-0.05, 0) is 25.3 Å². The van der Waals surface area contributed by atoms with E-state index < -0.39 is 0 Å². The molecule has 0 amide bonds. The minimum absolute atomic E-state index is 0.290. The van der Waals surface area contributed by atoms with E-state index in [1.165, 1.54) is 0 Å². The van der Waals surface area contributed by atoms with Gasteiger partial charge in [-0.15, -0.1) is 0 Å². The Morgan fingerprint density at radius 2 is 2.00 bits per heavy atom. The van der Waals surface area contributed by atoms with Crippen LogP contribution in [0.3, 0.4) is 0 Å². The predicted octanol–water partition coefficient (Wildman–Crippen LogP) is 2.30. The third kappa shape index (κ3) is 2.18. The van der Waals surface area contributed by atoms with E-state index in [-0.39, 0.29) is 5.95 Å². The number of fused-ring (bicyclic) bond motifs is 1. The van der Waals surface area contributed by atoms with Crippen molar-refractivity contribution in [1.82, 2.24) is 15.0 Å². The molecule has 5 heteroatoms. The molecule has 2 rings (SSSR count). The molecule has 0 fully saturated rings. The highest BCUT2D eigenvalue weighted by Gasteiger charge is 2.14. The van der Waals surface area contributed by atoms with Crippen molar-refractivity contribution in [3.63, 3.8) is 0 Å². The van der Waals surface area contributed by atoms with E-state index in [9.17, 15) is 0 Å². The predicted molar refractivity (Wildman–Crippen MR) is 71.0 cm³/mol. The van der Waals surface area contributed by atoms with Crippen LogP contribution in [-0.4, -0.2) is 21.0 Å². The highest BCUT2D eigenvalue weighted by Crippen LogP contribution is 2.25. The maximum atomic E-state index is 5.70. The fourth-order valence-corrected chi connectivity index (χ4v) is 1.69. The second-order valence-corrected chi connectivity index (χ2v) is 4.80. The molecular formula is C12H19N5. The number of rotatable bonds is 3. The van der Waals surface area contributed by atoms with Crippen LogP contribution in [0, 0.1) is 12.8 Å². The number of H-pyrrole nitrogens is 1. The Morgan fingerprint density at radius 3 is 2.65 bits per heavy atom. The van der Waals surface area contributed by atoms with Crippen molar-refractivity contribution in [2.45, 2.75) is 33.7 Å². The molecule has 0 aliphatic heterocycles. The van der Waals surface area contributed by atoms with Crippen molar-refractivity contribution in [3.8, 4) is 0 Å². The zero-order valence-corrected chi connectivity index (χ0v) is 10.7. The van der Waals surface area contributed by atoms with E-state index in [0.717, 1.165) is 22.4 Å². The van der Waals surface area contributed by atoms with E-state index >= 15 is 0 Å². The minimum atomic E-state index is 0.290. The van der Waals surface area contributed by atoms with E-state index in [0.29, 0.717) is 12.0 Å². The molecule has 1 unspecified atom stereocenters. The van der Waals surface area contributed by atoms with Gasteiger partial charge in [-0.1, -0.05) is 13.8 Å². The van der Waals surface area contributed by atoms with Crippen molar-refractivity contribution < 1.29 is 0 Å². The minimum Gasteiger partial charge on any atom is -0.368 e. The first kappa shape index (κ1) is 11.7. The van der Waals surface area contributed by atoms with Gasteiger partial charge in [0.1, 0.15) is 11.5 Å².